The molecule has 1 aliphatic rings. The summed E-state index contributed by atoms with van der Waals surface area (Å²) < 4.78 is 24.7. The van der Waals surface area contributed by atoms with Crippen LogP contribution in [0.15, 0.2) is 17.4 Å². The molecule has 0 radical (unpaired) electrons. The minimum Gasteiger partial charge on any atom is -0.367 e. The maximum Gasteiger partial charge on any atom is 0.191 e. The summed E-state index contributed by atoms with van der Waals surface area (Å²) in [4.78, 5) is 6.68. The highest BCUT2D eigenvalue weighted by Gasteiger charge is 2.24. The fourth-order valence-corrected chi connectivity index (χ4v) is 4.09. The molecule has 1 saturated heterocycles. The first kappa shape index (κ1) is 25.0. The quantitative estimate of drug-likeness (QED) is 0.319. The molecule has 1 aromatic rings. The molecule has 1 atom stereocenters. The summed E-state index contributed by atoms with van der Waals surface area (Å²) in [5.41, 5.74) is 1.02. The Hall–Kier alpha value is -1.04. The first-order chi connectivity index (χ1) is 12.6. The number of rotatable bonds is 7. The van der Waals surface area contributed by atoms with Crippen LogP contribution in [0.3, 0.4) is 0 Å². The third-order valence-electron chi connectivity index (χ3n) is 4.93. The van der Waals surface area contributed by atoms with Gasteiger partial charge in [-0.2, -0.15) is 5.10 Å². The maximum atomic E-state index is 11.4. The molecular weight excluding hydrogens is 491 g/mol. The minimum atomic E-state index is -2.94. The lowest BCUT2D eigenvalue weighted by Crippen LogP contribution is -2.52. The number of guanidine groups is 1. The number of nitrogens with one attached hydrogen (secondary N) is 2. The lowest BCUT2D eigenvalue weighted by Gasteiger charge is -2.35. The Balaban J connectivity index is 0.00000392. The SMILES string of the molecule is CN=C(NCC(C)(C)CCS(C)(=O)=O)NC1CCCN(c2cnn(C)c2)C1.I. The summed E-state index contributed by atoms with van der Waals surface area (Å²) in [6.45, 7) is 6.76. The Kier molecular flexibility index (Phi) is 9.51. The van der Waals surface area contributed by atoms with E-state index < -0.39 is 9.84 Å². The summed E-state index contributed by atoms with van der Waals surface area (Å²) >= 11 is 0. The number of aliphatic imine (C=N–C) groups is 1. The average Bonchev–Trinajstić information content (AvgIpc) is 3.03. The maximum absolute atomic E-state index is 11.4. The molecule has 0 aliphatic carbocycles. The van der Waals surface area contributed by atoms with Crippen molar-refractivity contribution in [1.29, 1.82) is 0 Å². The molecule has 28 heavy (non-hydrogen) atoms. The summed E-state index contributed by atoms with van der Waals surface area (Å²) in [6.07, 6.45) is 8.06. The van der Waals surface area contributed by atoms with Gasteiger partial charge in [-0.15, -0.1) is 24.0 Å². The van der Waals surface area contributed by atoms with Gasteiger partial charge in [0.2, 0.25) is 0 Å². The second-order valence-electron chi connectivity index (χ2n) is 8.27. The number of aromatic nitrogens is 2. The Morgan fingerprint density at radius 2 is 2.14 bits per heavy atom. The van der Waals surface area contributed by atoms with Crippen LogP contribution in [-0.2, 0) is 16.9 Å². The van der Waals surface area contributed by atoms with Crippen molar-refractivity contribution >= 4 is 45.5 Å². The standard InChI is InChI=1S/C18H34N6O2S.HI/c1-18(2,8-10-27(5,25)26)14-20-17(19-3)22-15-7-6-9-24(12-15)16-11-21-23(4)13-16;/h11,13,15H,6-10,12,14H2,1-5H3,(H2,19,20,22);1H. The van der Waals surface area contributed by atoms with E-state index in [1.165, 1.54) is 6.26 Å². The van der Waals surface area contributed by atoms with Crippen LogP contribution in [0.5, 0.6) is 0 Å². The molecule has 162 valence electrons. The minimum absolute atomic E-state index is 0. The van der Waals surface area contributed by atoms with Crippen LogP contribution in [0.25, 0.3) is 0 Å². The van der Waals surface area contributed by atoms with Crippen LogP contribution in [-0.4, -0.2) is 68.9 Å². The monoisotopic (exact) mass is 526 g/mol. The van der Waals surface area contributed by atoms with E-state index in [9.17, 15) is 8.42 Å². The largest absolute Gasteiger partial charge is 0.367 e. The summed E-state index contributed by atoms with van der Waals surface area (Å²) in [5.74, 6) is 0.969. The Labute approximate surface area is 186 Å². The molecule has 2 N–H and O–H groups in total. The van der Waals surface area contributed by atoms with Gasteiger partial charge in [-0.05, 0) is 24.7 Å². The molecule has 1 fully saturated rings. The Morgan fingerprint density at radius 3 is 2.71 bits per heavy atom. The Morgan fingerprint density at radius 1 is 1.43 bits per heavy atom. The number of aryl methyl sites for hydroxylation is 1. The second kappa shape index (κ2) is 10.7. The van der Waals surface area contributed by atoms with E-state index in [1.54, 1.807) is 7.05 Å². The third-order valence-corrected chi connectivity index (χ3v) is 5.87. The molecule has 0 spiro atoms. The third kappa shape index (κ3) is 8.54. The zero-order valence-electron chi connectivity index (χ0n) is 17.6. The van der Waals surface area contributed by atoms with E-state index in [4.69, 9.17) is 0 Å². The molecule has 0 amide bonds. The predicted molar refractivity (Wildman–Crippen MR) is 126 cm³/mol. The summed E-state index contributed by atoms with van der Waals surface area (Å²) in [7, 11) is 0.755. The molecule has 2 rings (SSSR count). The van der Waals surface area contributed by atoms with Crippen molar-refractivity contribution in [2.45, 2.75) is 39.2 Å². The molecule has 0 bridgehead atoms. The van der Waals surface area contributed by atoms with Gasteiger partial charge in [0.1, 0.15) is 9.84 Å². The summed E-state index contributed by atoms with van der Waals surface area (Å²) in [5, 5.41) is 11.1. The van der Waals surface area contributed by atoms with Crippen LogP contribution in [0.2, 0.25) is 0 Å². The molecule has 1 unspecified atom stereocenters. The molecule has 1 aromatic heterocycles. The Bertz CT molecular complexity index is 747. The van der Waals surface area contributed by atoms with Crippen LogP contribution >= 0.6 is 24.0 Å². The number of piperidine rings is 1. The predicted octanol–water partition coefficient (Wildman–Crippen LogP) is 1.63. The number of anilines is 1. The van der Waals surface area contributed by atoms with Gasteiger partial charge < -0.3 is 15.5 Å². The highest BCUT2D eigenvalue weighted by molar-refractivity contribution is 14.0. The van der Waals surface area contributed by atoms with Crippen LogP contribution in [0.4, 0.5) is 5.69 Å². The van der Waals surface area contributed by atoms with Crippen molar-refractivity contribution in [3.63, 3.8) is 0 Å². The number of hydrogen-bond donors (Lipinski definition) is 2. The number of hydrogen-bond acceptors (Lipinski definition) is 5. The van der Waals surface area contributed by atoms with Gasteiger partial charge in [0.15, 0.2) is 5.96 Å². The van der Waals surface area contributed by atoms with E-state index in [1.807, 2.05) is 24.1 Å². The van der Waals surface area contributed by atoms with Gasteiger partial charge >= 0.3 is 0 Å². The molecule has 0 aromatic carbocycles. The van der Waals surface area contributed by atoms with Crippen molar-refractivity contribution in [2.24, 2.45) is 17.5 Å². The van der Waals surface area contributed by atoms with Gasteiger partial charge in [0.25, 0.3) is 0 Å². The fourth-order valence-electron chi connectivity index (χ4n) is 3.16. The lowest BCUT2D eigenvalue weighted by molar-refractivity contribution is 0.347. The van der Waals surface area contributed by atoms with Crippen LogP contribution in [0, 0.1) is 5.41 Å². The molecule has 1 aliphatic heterocycles. The number of nitrogens with zero attached hydrogens (tertiary/aromatic N) is 4. The van der Waals surface area contributed by atoms with Gasteiger partial charge in [-0.1, -0.05) is 13.8 Å². The zero-order chi connectivity index (χ0) is 20.1. The molecule has 0 saturated carbocycles. The zero-order valence-corrected chi connectivity index (χ0v) is 20.8. The topological polar surface area (TPSA) is 91.6 Å². The van der Waals surface area contributed by atoms with Gasteiger partial charge in [0, 0.05) is 52.2 Å². The van der Waals surface area contributed by atoms with Crippen molar-refractivity contribution in [1.82, 2.24) is 20.4 Å². The van der Waals surface area contributed by atoms with Crippen molar-refractivity contribution in [3.05, 3.63) is 12.4 Å². The van der Waals surface area contributed by atoms with Crippen molar-refractivity contribution in [3.8, 4) is 0 Å². The first-order valence-electron chi connectivity index (χ1n) is 9.46. The number of sulfone groups is 1. The van der Waals surface area contributed by atoms with Crippen molar-refractivity contribution < 1.29 is 8.42 Å². The van der Waals surface area contributed by atoms with Crippen LogP contribution in [0.1, 0.15) is 33.1 Å². The molecule has 8 nitrogen and oxygen atoms in total. The van der Waals surface area contributed by atoms with E-state index in [0.717, 1.165) is 37.6 Å². The normalized spacial score (nSPS) is 18.5. The van der Waals surface area contributed by atoms with Crippen LogP contribution < -0.4 is 15.5 Å². The van der Waals surface area contributed by atoms with E-state index in [2.05, 4.69) is 39.5 Å². The second-order valence-corrected chi connectivity index (χ2v) is 10.5. The first-order valence-corrected chi connectivity index (χ1v) is 11.5. The van der Waals surface area contributed by atoms with E-state index in [-0.39, 0.29) is 35.1 Å². The number of halogens is 1. The van der Waals surface area contributed by atoms with E-state index >= 15 is 0 Å². The summed E-state index contributed by atoms with van der Waals surface area (Å²) in [6, 6.07) is 0.310. The smallest absolute Gasteiger partial charge is 0.191 e. The van der Waals surface area contributed by atoms with Crippen molar-refractivity contribution in [2.75, 3.05) is 43.6 Å². The molecular formula is C18H35IN6O2S. The van der Waals surface area contributed by atoms with Gasteiger partial charge in [-0.3, -0.25) is 9.67 Å². The lowest BCUT2D eigenvalue weighted by atomic mass is 9.90. The van der Waals surface area contributed by atoms with Gasteiger partial charge in [-0.25, -0.2) is 8.42 Å². The highest BCUT2D eigenvalue weighted by Crippen LogP contribution is 2.20. The van der Waals surface area contributed by atoms with Gasteiger partial charge in [0.05, 0.1) is 17.6 Å². The molecule has 2 heterocycles. The van der Waals surface area contributed by atoms with E-state index in [0.29, 0.717) is 19.0 Å². The highest BCUT2D eigenvalue weighted by atomic mass is 127. The fraction of sp³-hybridized carbons (Fsp3) is 0.778. The molecule has 10 heteroatoms. The average molecular weight is 526 g/mol.